The van der Waals surface area contributed by atoms with Crippen molar-refractivity contribution in [1.82, 2.24) is 14.9 Å². The van der Waals surface area contributed by atoms with Gasteiger partial charge in [0.1, 0.15) is 5.75 Å². The molecular formula is C16H21N3O. The molecule has 3 rings (SSSR count). The largest absolute Gasteiger partial charge is 0.497 e. The van der Waals surface area contributed by atoms with Crippen molar-refractivity contribution >= 4 is 0 Å². The van der Waals surface area contributed by atoms with Crippen LogP contribution in [0.4, 0.5) is 0 Å². The first kappa shape index (κ1) is 13.2. The van der Waals surface area contributed by atoms with E-state index in [1.807, 2.05) is 24.7 Å². The summed E-state index contributed by atoms with van der Waals surface area (Å²) in [6.45, 7) is 3.02. The molecule has 1 saturated carbocycles. The first-order chi connectivity index (χ1) is 9.78. The predicted molar refractivity (Wildman–Crippen MR) is 78.7 cm³/mol. The molecule has 0 saturated heterocycles. The molecule has 0 bridgehead atoms. The summed E-state index contributed by atoms with van der Waals surface area (Å²) in [5.41, 5.74) is 2.50. The Balaban J connectivity index is 1.63. The summed E-state index contributed by atoms with van der Waals surface area (Å²) in [5, 5.41) is 3.56. The van der Waals surface area contributed by atoms with E-state index in [0.717, 1.165) is 12.3 Å². The molecule has 4 nitrogen and oxygen atoms in total. The fourth-order valence-electron chi connectivity index (χ4n) is 2.44. The summed E-state index contributed by atoms with van der Waals surface area (Å²) < 4.78 is 7.57. The molecule has 1 aliphatic carbocycles. The van der Waals surface area contributed by atoms with Gasteiger partial charge in [0.15, 0.2) is 0 Å². The zero-order chi connectivity index (χ0) is 13.9. The van der Waals surface area contributed by atoms with Crippen LogP contribution in [0, 0.1) is 0 Å². The smallest absolute Gasteiger partial charge is 0.119 e. The summed E-state index contributed by atoms with van der Waals surface area (Å²) in [6, 6.07) is 9.17. The lowest BCUT2D eigenvalue weighted by Gasteiger charge is -2.16. The van der Waals surface area contributed by atoms with Gasteiger partial charge in [0.2, 0.25) is 0 Å². The third kappa shape index (κ3) is 2.85. The fourth-order valence-corrected chi connectivity index (χ4v) is 2.44. The molecule has 0 aliphatic heterocycles. The van der Waals surface area contributed by atoms with Gasteiger partial charge >= 0.3 is 0 Å². The van der Waals surface area contributed by atoms with Crippen LogP contribution in [0.3, 0.4) is 0 Å². The zero-order valence-electron chi connectivity index (χ0n) is 12.0. The van der Waals surface area contributed by atoms with Crippen molar-refractivity contribution in [2.45, 2.75) is 38.4 Å². The number of aromatic nitrogens is 2. The summed E-state index contributed by atoms with van der Waals surface area (Å²) in [5.74, 6) is 0.902. The minimum Gasteiger partial charge on any atom is -0.497 e. The van der Waals surface area contributed by atoms with Gasteiger partial charge in [-0.1, -0.05) is 12.1 Å². The highest BCUT2D eigenvalue weighted by atomic mass is 16.5. The van der Waals surface area contributed by atoms with Crippen LogP contribution in [-0.2, 0) is 6.54 Å². The van der Waals surface area contributed by atoms with Crippen LogP contribution in [0.15, 0.2) is 36.8 Å². The Bertz CT molecular complexity index is 575. The predicted octanol–water partition coefficient (Wildman–Crippen LogP) is 3.08. The number of methoxy groups -OCH3 is 1. The van der Waals surface area contributed by atoms with Crippen LogP contribution in [-0.4, -0.2) is 16.7 Å². The third-order valence-electron chi connectivity index (χ3n) is 3.87. The molecule has 0 radical (unpaired) electrons. The van der Waals surface area contributed by atoms with Gasteiger partial charge in [0.25, 0.3) is 0 Å². The lowest BCUT2D eigenvalue weighted by Crippen LogP contribution is -2.19. The highest BCUT2D eigenvalue weighted by Gasteiger charge is 2.25. The van der Waals surface area contributed by atoms with Gasteiger partial charge in [-0.15, -0.1) is 0 Å². The maximum atomic E-state index is 5.27. The molecule has 2 aromatic rings. The lowest BCUT2D eigenvalue weighted by atomic mass is 10.1. The van der Waals surface area contributed by atoms with Crippen LogP contribution in [0.25, 0.3) is 0 Å². The van der Waals surface area contributed by atoms with Crippen molar-refractivity contribution in [3.63, 3.8) is 0 Å². The highest BCUT2D eigenvalue weighted by molar-refractivity contribution is 5.30. The number of ether oxygens (including phenoxy) is 1. The van der Waals surface area contributed by atoms with E-state index in [9.17, 15) is 0 Å². The van der Waals surface area contributed by atoms with Gasteiger partial charge in [-0.2, -0.15) is 0 Å². The van der Waals surface area contributed by atoms with Crippen LogP contribution < -0.4 is 10.1 Å². The number of nitrogens with zero attached hydrogens (tertiary/aromatic N) is 2. The molecule has 0 amide bonds. The van der Waals surface area contributed by atoms with Crippen LogP contribution >= 0.6 is 0 Å². The summed E-state index contributed by atoms with van der Waals surface area (Å²) >= 11 is 0. The van der Waals surface area contributed by atoms with Gasteiger partial charge in [-0.25, -0.2) is 4.98 Å². The lowest BCUT2D eigenvalue weighted by molar-refractivity contribution is 0.413. The maximum absolute atomic E-state index is 5.27. The Labute approximate surface area is 119 Å². The molecule has 1 atom stereocenters. The zero-order valence-corrected chi connectivity index (χ0v) is 12.0. The Morgan fingerprint density at radius 1 is 1.45 bits per heavy atom. The van der Waals surface area contributed by atoms with Crippen molar-refractivity contribution in [3.05, 3.63) is 48.0 Å². The van der Waals surface area contributed by atoms with Gasteiger partial charge in [-0.05, 0) is 37.5 Å². The Morgan fingerprint density at radius 3 is 3.05 bits per heavy atom. The molecule has 1 aliphatic rings. The van der Waals surface area contributed by atoms with E-state index >= 15 is 0 Å². The normalized spacial score (nSPS) is 16.1. The van der Waals surface area contributed by atoms with Gasteiger partial charge < -0.3 is 14.6 Å². The van der Waals surface area contributed by atoms with Crippen molar-refractivity contribution in [2.75, 3.05) is 7.11 Å². The molecule has 1 unspecified atom stereocenters. The van der Waals surface area contributed by atoms with E-state index in [1.54, 1.807) is 7.11 Å². The monoisotopic (exact) mass is 271 g/mol. The standard InChI is InChI=1S/C16H21N3O/c1-12(13-4-3-5-16(8-13)20-2)18-10-15-9-17-11-19(15)14-6-7-14/h3-5,8-9,11-12,14,18H,6-7,10H2,1-2H3. The number of hydrogen-bond donors (Lipinski definition) is 1. The number of imidazole rings is 1. The first-order valence-corrected chi connectivity index (χ1v) is 7.16. The van der Waals surface area contributed by atoms with E-state index < -0.39 is 0 Å². The van der Waals surface area contributed by atoms with E-state index in [1.165, 1.54) is 24.1 Å². The topological polar surface area (TPSA) is 39.1 Å². The number of rotatable bonds is 6. The average Bonchev–Trinajstić information content (AvgIpc) is 3.23. The van der Waals surface area contributed by atoms with Gasteiger partial charge in [0.05, 0.1) is 19.1 Å². The molecule has 1 aromatic heterocycles. The molecule has 20 heavy (non-hydrogen) atoms. The van der Waals surface area contributed by atoms with E-state index in [0.29, 0.717) is 6.04 Å². The SMILES string of the molecule is COc1cccc(C(C)NCc2cncn2C2CC2)c1. The van der Waals surface area contributed by atoms with Crippen molar-refractivity contribution < 1.29 is 4.74 Å². The molecule has 1 aromatic carbocycles. The van der Waals surface area contributed by atoms with E-state index in [2.05, 4.69) is 33.9 Å². The minimum atomic E-state index is 0.285. The Kier molecular flexibility index (Phi) is 3.74. The van der Waals surface area contributed by atoms with Crippen LogP contribution in [0.1, 0.15) is 43.1 Å². The average molecular weight is 271 g/mol. The van der Waals surface area contributed by atoms with E-state index in [4.69, 9.17) is 4.74 Å². The quantitative estimate of drug-likeness (QED) is 0.877. The molecule has 1 N–H and O–H groups in total. The summed E-state index contributed by atoms with van der Waals surface area (Å²) in [6.07, 6.45) is 6.48. The highest BCUT2D eigenvalue weighted by Crippen LogP contribution is 2.35. The second-order valence-corrected chi connectivity index (χ2v) is 5.40. The number of benzene rings is 1. The Hall–Kier alpha value is -1.81. The summed E-state index contributed by atoms with van der Waals surface area (Å²) in [7, 11) is 1.70. The molecule has 4 heteroatoms. The molecule has 106 valence electrons. The first-order valence-electron chi connectivity index (χ1n) is 7.16. The van der Waals surface area contributed by atoms with Crippen molar-refractivity contribution in [3.8, 4) is 5.75 Å². The fraction of sp³-hybridized carbons (Fsp3) is 0.438. The van der Waals surface area contributed by atoms with Crippen molar-refractivity contribution in [1.29, 1.82) is 0 Å². The molecular weight excluding hydrogens is 250 g/mol. The number of hydrogen-bond acceptors (Lipinski definition) is 3. The number of nitrogens with one attached hydrogen (secondary N) is 1. The van der Waals surface area contributed by atoms with Gasteiger partial charge in [0, 0.05) is 24.8 Å². The van der Waals surface area contributed by atoms with Crippen LogP contribution in [0.5, 0.6) is 5.75 Å². The Morgan fingerprint density at radius 2 is 2.30 bits per heavy atom. The summed E-state index contributed by atoms with van der Waals surface area (Å²) in [4.78, 5) is 4.26. The third-order valence-corrected chi connectivity index (χ3v) is 3.87. The van der Waals surface area contributed by atoms with Gasteiger partial charge in [-0.3, -0.25) is 0 Å². The molecule has 0 spiro atoms. The minimum absolute atomic E-state index is 0.285. The van der Waals surface area contributed by atoms with E-state index in [-0.39, 0.29) is 6.04 Å². The molecule has 1 heterocycles. The second-order valence-electron chi connectivity index (χ2n) is 5.40. The second kappa shape index (κ2) is 5.67. The van der Waals surface area contributed by atoms with Crippen molar-refractivity contribution in [2.24, 2.45) is 0 Å². The molecule has 1 fully saturated rings. The maximum Gasteiger partial charge on any atom is 0.119 e. The van der Waals surface area contributed by atoms with Crippen LogP contribution in [0.2, 0.25) is 0 Å².